The van der Waals surface area contributed by atoms with E-state index in [4.69, 9.17) is 0 Å². The van der Waals surface area contributed by atoms with Gasteiger partial charge in [0.05, 0.1) is 11.0 Å². The standard InChI is InChI=1S/C46H32N2/c1-46(2)41-27-29(21-22-40(41)44-38-17-5-3-13-34(38)35-14-4-6-18-39(35)45(44)46)31-24-32(30-12-11-23-47-28-30)26-33(25-31)48-42-19-9-7-15-36(42)37-16-8-10-20-43(37)48/h3-28H,1-2H3. The number of pyridine rings is 1. The van der Waals surface area contributed by atoms with Crippen molar-refractivity contribution in [2.24, 2.45) is 0 Å². The Morgan fingerprint density at radius 2 is 1.06 bits per heavy atom. The summed E-state index contributed by atoms with van der Waals surface area (Å²) in [5.74, 6) is 0. The molecule has 0 N–H and O–H groups in total. The van der Waals surface area contributed by atoms with Crippen LogP contribution in [0, 0.1) is 0 Å². The molecule has 0 saturated heterocycles. The van der Waals surface area contributed by atoms with E-state index in [9.17, 15) is 0 Å². The maximum Gasteiger partial charge on any atom is 0.0541 e. The minimum absolute atomic E-state index is 0.166. The molecule has 0 aliphatic heterocycles. The van der Waals surface area contributed by atoms with Crippen LogP contribution in [0.3, 0.4) is 0 Å². The zero-order valence-corrected chi connectivity index (χ0v) is 26.9. The van der Waals surface area contributed by atoms with E-state index >= 15 is 0 Å². The van der Waals surface area contributed by atoms with Gasteiger partial charge in [0.2, 0.25) is 0 Å². The van der Waals surface area contributed by atoms with Crippen LogP contribution in [0.5, 0.6) is 0 Å². The third-order valence-electron chi connectivity index (χ3n) is 10.6. The highest BCUT2D eigenvalue weighted by Gasteiger charge is 2.38. The van der Waals surface area contributed by atoms with Crippen molar-refractivity contribution in [2.45, 2.75) is 19.3 Å². The van der Waals surface area contributed by atoms with E-state index in [1.807, 2.05) is 18.5 Å². The van der Waals surface area contributed by atoms with Crippen molar-refractivity contribution in [3.05, 3.63) is 169 Å². The number of nitrogens with zero attached hydrogens (tertiary/aromatic N) is 2. The molecular formula is C46H32N2. The number of para-hydroxylation sites is 2. The first-order valence-electron chi connectivity index (χ1n) is 16.7. The molecule has 2 heteroatoms. The van der Waals surface area contributed by atoms with Gasteiger partial charge in [-0.1, -0.05) is 117 Å². The lowest BCUT2D eigenvalue weighted by molar-refractivity contribution is 0.667. The molecule has 7 aromatic carbocycles. The van der Waals surface area contributed by atoms with Gasteiger partial charge in [-0.15, -0.1) is 0 Å². The Balaban J connectivity index is 1.23. The normalized spacial score (nSPS) is 13.4. The van der Waals surface area contributed by atoms with Crippen molar-refractivity contribution in [3.63, 3.8) is 0 Å². The Hall–Kier alpha value is -5.99. The highest BCUT2D eigenvalue weighted by Crippen LogP contribution is 2.55. The molecule has 0 unspecified atom stereocenters. The summed E-state index contributed by atoms with van der Waals surface area (Å²) in [6.45, 7) is 4.80. The summed E-state index contributed by atoms with van der Waals surface area (Å²) < 4.78 is 2.42. The van der Waals surface area contributed by atoms with Gasteiger partial charge in [-0.25, -0.2) is 0 Å². The Morgan fingerprint density at radius 3 is 1.73 bits per heavy atom. The molecule has 2 heterocycles. The fraction of sp³-hybridized carbons (Fsp3) is 0.0652. The summed E-state index contributed by atoms with van der Waals surface area (Å²) in [6, 6.07) is 53.6. The lowest BCUT2D eigenvalue weighted by Crippen LogP contribution is -2.15. The van der Waals surface area contributed by atoms with Crippen LogP contribution < -0.4 is 0 Å². The molecule has 0 amide bonds. The van der Waals surface area contributed by atoms with Crippen molar-refractivity contribution < 1.29 is 0 Å². The second-order valence-corrected chi connectivity index (χ2v) is 13.6. The third kappa shape index (κ3) is 3.77. The van der Waals surface area contributed by atoms with Gasteiger partial charge in [-0.2, -0.15) is 0 Å². The topological polar surface area (TPSA) is 17.8 Å². The lowest BCUT2D eigenvalue weighted by Gasteiger charge is -2.24. The summed E-state index contributed by atoms with van der Waals surface area (Å²) in [7, 11) is 0. The fourth-order valence-electron chi connectivity index (χ4n) is 8.47. The van der Waals surface area contributed by atoms with Gasteiger partial charge in [0, 0.05) is 39.8 Å². The highest BCUT2D eigenvalue weighted by atomic mass is 15.0. The van der Waals surface area contributed by atoms with Crippen LogP contribution in [0.1, 0.15) is 25.0 Å². The number of hydrogen-bond donors (Lipinski definition) is 0. The first-order valence-corrected chi connectivity index (χ1v) is 16.7. The molecule has 0 fully saturated rings. The molecular weight excluding hydrogens is 581 g/mol. The molecule has 2 aromatic heterocycles. The van der Waals surface area contributed by atoms with Crippen LogP contribution >= 0.6 is 0 Å². The Morgan fingerprint density at radius 1 is 0.479 bits per heavy atom. The van der Waals surface area contributed by atoms with Crippen molar-refractivity contribution in [1.29, 1.82) is 0 Å². The van der Waals surface area contributed by atoms with E-state index in [2.05, 4.69) is 163 Å². The molecule has 226 valence electrons. The number of fused-ring (bicyclic) bond motifs is 11. The molecule has 10 rings (SSSR count). The van der Waals surface area contributed by atoms with Crippen LogP contribution in [0.4, 0.5) is 0 Å². The van der Waals surface area contributed by atoms with Crippen LogP contribution in [0.25, 0.3) is 82.4 Å². The fourth-order valence-corrected chi connectivity index (χ4v) is 8.47. The molecule has 9 aromatic rings. The van der Waals surface area contributed by atoms with Crippen LogP contribution in [0.15, 0.2) is 158 Å². The van der Waals surface area contributed by atoms with E-state index in [-0.39, 0.29) is 5.41 Å². The maximum absolute atomic E-state index is 4.49. The van der Waals surface area contributed by atoms with E-state index in [0.717, 1.165) is 16.8 Å². The summed E-state index contributed by atoms with van der Waals surface area (Å²) in [5.41, 5.74) is 13.6. The number of benzene rings is 7. The molecule has 0 radical (unpaired) electrons. The first kappa shape index (κ1) is 27.2. The molecule has 1 aliphatic rings. The van der Waals surface area contributed by atoms with Gasteiger partial charge in [-0.05, 0) is 103 Å². The third-order valence-corrected chi connectivity index (χ3v) is 10.6. The van der Waals surface area contributed by atoms with E-state index < -0.39 is 0 Å². The summed E-state index contributed by atoms with van der Waals surface area (Å²) in [5, 5.41) is 7.85. The van der Waals surface area contributed by atoms with Crippen molar-refractivity contribution in [1.82, 2.24) is 9.55 Å². The Kier molecular flexibility index (Phi) is 5.66. The summed E-state index contributed by atoms with van der Waals surface area (Å²) >= 11 is 0. The second kappa shape index (κ2) is 10.0. The van der Waals surface area contributed by atoms with Gasteiger partial charge in [0.15, 0.2) is 0 Å². The molecule has 1 aliphatic carbocycles. The quantitative estimate of drug-likeness (QED) is 0.182. The SMILES string of the molecule is CC1(C)c2cc(-c3cc(-c4cccnc4)cc(-n4c5ccccc5c5ccccc54)c3)ccc2-c2c1c1ccccc1c1ccccc21. The minimum Gasteiger partial charge on any atom is -0.309 e. The number of hydrogen-bond acceptors (Lipinski definition) is 1. The summed E-state index contributed by atoms with van der Waals surface area (Å²) in [6.07, 6.45) is 3.81. The molecule has 0 saturated carbocycles. The second-order valence-electron chi connectivity index (χ2n) is 13.6. The van der Waals surface area contributed by atoms with Crippen molar-refractivity contribution >= 4 is 43.4 Å². The van der Waals surface area contributed by atoms with Gasteiger partial charge < -0.3 is 4.57 Å². The monoisotopic (exact) mass is 612 g/mol. The predicted molar refractivity (Wildman–Crippen MR) is 202 cm³/mol. The Bertz CT molecular complexity index is 2690. The van der Waals surface area contributed by atoms with Gasteiger partial charge in [0.25, 0.3) is 0 Å². The first-order chi connectivity index (χ1) is 23.6. The average molecular weight is 613 g/mol. The maximum atomic E-state index is 4.49. The molecule has 0 atom stereocenters. The number of aromatic nitrogens is 2. The largest absolute Gasteiger partial charge is 0.309 e. The molecule has 0 spiro atoms. The minimum atomic E-state index is -0.166. The van der Waals surface area contributed by atoms with Crippen LogP contribution in [-0.4, -0.2) is 9.55 Å². The van der Waals surface area contributed by atoms with Gasteiger partial charge in [0.1, 0.15) is 0 Å². The molecule has 0 bridgehead atoms. The lowest BCUT2D eigenvalue weighted by atomic mass is 9.78. The van der Waals surface area contributed by atoms with Gasteiger partial charge >= 0.3 is 0 Å². The average Bonchev–Trinajstić information content (AvgIpc) is 3.60. The van der Waals surface area contributed by atoms with Gasteiger partial charge in [-0.3, -0.25) is 4.98 Å². The molecule has 2 nitrogen and oxygen atoms in total. The summed E-state index contributed by atoms with van der Waals surface area (Å²) in [4.78, 5) is 4.49. The highest BCUT2D eigenvalue weighted by molar-refractivity contribution is 6.18. The van der Waals surface area contributed by atoms with Crippen molar-refractivity contribution in [2.75, 3.05) is 0 Å². The van der Waals surface area contributed by atoms with Crippen LogP contribution in [-0.2, 0) is 5.41 Å². The zero-order valence-electron chi connectivity index (χ0n) is 26.9. The van der Waals surface area contributed by atoms with Crippen molar-refractivity contribution in [3.8, 4) is 39.1 Å². The van der Waals surface area contributed by atoms with E-state index in [1.54, 1.807) is 0 Å². The number of rotatable bonds is 3. The predicted octanol–water partition coefficient (Wildman–Crippen LogP) is 12.1. The van der Waals surface area contributed by atoms with E-state index in [0.29, 0.717) is 0 Å². The Labute approximate surface area is 279 Å². The zero-order chi connectivity index (χ0) is 32.0. The van der Waals surface area contributed by atoms with Crippen LogP contribution in [0.2, 0.25) is 0 Å². The molecule has 48 heavy (non-hydrogen) atoms. The smallest absolute Gasteiger partial charge is 0.0541 e. The van der Waals surface area contributed by atoms with E-state index in [1.165, 1.54) is 76.7 Å².